The third kappa shape index (κ3) is 6.32. The van der Waals surface area contributed by atoms with Gasteiger partial charge in [-0.2, -0.15) is 0 Å². The maximum absolute atomic E-state index is 14.1. The van der Waals surface area contributed by atoms with E-state index in [1.54, 1.807) is 0 Å². The van der Waals surface area contributed by atoms with Crippen LogP contribution in [0.5, 0.6) is 0 Å². The highest BCUT2D eigenvalue weighted by atomic mass is 32.2. The minimum Gasteiger partial charge on any atom is -0.384 e. The molecule has 222 valence electrons. The fraction of sp³-hybridized carbons (Fsp3) is 0.379. The quantitative estimate of drug-likeness (QED) is 0.269. The lowest BCUT2D eigenvalue weighted by Gasteiger charge is -2.27. The van der Waals surface area contributed by atoms with Crippen LogP contribution in [0.25, 0.3) is 11.1 Å². The molecule has 0 bridgehead atoms. The lowest BCUT2D eigenvalue weighted by molar-refractivity contribution is -0.152. The molecular weight excluding hydrogens is 568 g/mol. The lowest BCUT2D eigenvalue weighted by Crippen LogP contribution is -2.52. The summed E-state index contributed by atoms with van der Waals surface area (Å²) in [5, 5.41) is 15.0. The van der Waals surface area contributed by atoms with Gasteiger partial charge in [-0.05, 0) is 54.6 Å². The number of carbonyl (C=O) groups excluding carboxylic acids is 3. The number of nitrogens with zero attached hydrogens (tertiary/aromatic N) is 1. The van der Waals surface area contributed by atoms with E-state index in [0.29, 0.717) is 25.2 Å². The summed E-state index contributed by atoms with van der Waals surface area (Å²) in [6.07, 6.45) is 0.702. The summed E-state index contributed by atoms with van der Waals surface area (Å²) in [6.45, 7) is 2.21. The Kier molecular flexibility index (Phi) is 8.62. The van der Waals surface area contributed by atoms with Crippen LogP contribution in [0.15, 0.2) is 53.4 Å². The zero-order valence-corrected chi connectivity index (χ0v) is 23.6. The summed E-state index contributed by atoms with van der Waals surface area (Å²) in [5.41, 5.74) is 7.00. The van der Waals surface area contributed by atoms with Crippen molar-refractivity contribution < 1.29 is 32.6 Å². The molecular formula is C29H31F2N5O5S. The normalized spacial score (nSPS) is 21.7. The molecule has 0 aromatic heterocycles. The Morgan fingerprint density at radius 1 is 1.17 bits per heavy atom. The average Bonchev–Trinajstić information content (AvgIpc) is 3.74. The van der Waals surface area contributed by atoms with Crippen molar-refractivity contribution in [1.29, 1.82) is 5.41 Å². The molecule has 3 amide bonds. The molecule has 3 aliphatic heterocycles. The number of ether oxygens (including phenoxy) is 2. The van der Waals surface area contributed by atoms with Crippen molar-refractivity contribution in [2.45, 2.75) is 42.9 Å². The van der Waals surface area contributed by atoms with Gasteiger partial charge in [-0.3, -0.25) is 19.8 Å². The molecule has 42 heavy (non-hydrogen) atoms. The second-order valence-electron chi connectivity index (χ2n) is 10.5. The molecule has 1 spiro atoms. The van der Waals surface area contributed by atoms with Gasteiger partial charge >= 0.3 is 0 Å². The minimum atomic E-state index is -1.08. The minimum absolute atomic E-state index is 0.00516. The number of halogens is 2. The van der Waals surface area contributed by atoms with Crippen molar-refractivity contribution in [3.8, 4) is 11.1 Å². The third-order valence-electron chi connectivity index (χ3n) is 7.59. The zero-order chi connectivity index (χ0) is 30.0. The molecule has 2 aromatic rings. The highest BCUT2D eigenvalue weighted by Crippen LogP contribution is 2.36. The molecule has 3 atom stereocenters. The van der Waals surface area contributed by atoms with Crippen molar-refractivity contribution >= 4 is 35.3 Å². The van der Waals surface area contributed by atoms with Crippen LogP contribution in [0.1, 0.15) is 30.1 Å². The van der Waals surface area contributed by atoms with E-state index in [9.17, 15) is 23.2 Å². The van der Waals surface area contributed by atoms with Crippen molar-refractivity contribution in [2.75, 3.05) is 26.3 Å². The molecule has 2 aromatic carbocycles. The predicted molar refractivity (Wildman–Crippen MR) is 152 cm³/mol. The number of amides is 3. The summed E-state index contributed by atoms with van der Waals surface area (Å²) in [5.74, 6) is -3.65. The number of carbonyl (C=O) groups is 3. The number of hydrogen-bond acceptors (Lipinski definition) is 7. The number of benzene rings is 2. The van der Waals surface area contributed by atoms with E-state index in [2.05, 4.69) is 10.6 Å². The molecule has 0 aliphatic carbocycles. The first-order chi connectivity index (χ1) is 20.0. The van der Waals surface area contributed by atoms with Crippen LogP contribution in [0.3, 0.4) is 0 Å². The molecule has 5 N–H and O–H groups in total. The summed E-state index contributed by atoms with van der Waals surface area (Å²) in [7, 11) is 0. The van der Waals surface area contributed by atoms with Gasteiger partial charge in [0.25, 0.3) is 5.91 Å². The standard InChI is InChI=1S/C29H31F2N5O5S/c1-16(24-10-19(14-42-24)26(32)33)35-28(39)23-12-29(40-8-9-41-29)15-36(23)25(37)13-34-27(38)18-4-2-17(3-5-18)21-11-20(30)6-7-22(21)31/h2-7,11,14,16,23-24H,8-10,12-13,15H2,1H3,(H3,32,33)(H,34,38)(H,35,39)/t16-,23+,24?/m1/s1. The number of nitrogens with one attached hydrogen (secondary N) is 3. The lowest BCUT2D eigenvalue weighted by atomic mass is 10.0. The van der Waals surface area contributed by atoms with Crippen LogP contribution in [0, 0.1) is 17.0 Å². The van der Waals surface area contributed by atoms with Gasteiger partial charge in [-0.1, -0.05) is 12.1 Å². The van der Waals surface area contributed by atoms with Gasteiger partial charge in [0.1, 0.15) is 23.5 Å². The number of hydrogen-bond donors (Lipinski definition) is 4. The molecule has 0 saturated carbocycles. The molecule has 3 aliphatic rings. The zero-order valence-electron chi connectivity index (χ0n) is 22.8. The van der Waals surface area contributed by atoms with Crippen LogP contribution >= 0.6 is 11.8 Å². The van der Waals surface area contributed by atoms with Gasteiger partial charge < -0.3 is 30.7 Å². The van der Waals surface area contributed by atoms with Crippen LogP contribution in [-0.2, 0) is 19.1 Å². The van der Waals surface area contributed by atoms with E-state index < -0.39 is 35.3 Å². The Bertz CT molecular complexity index is 1430. The largest absolute Gasteiger partial charge is 0.384 e. The van der Waals surface area contributed by atoms with Gasteiger partial charge in [-0.25, -0.2) is 8.78 Å². The van der Waals surface area contributed by atoms with Crippen LogP contribution < -0.4 is 16.4 Å². The third-order valence-corrected chi connectivity index (χ3v) is 8.94. The maximum atomic E-state index is 14.1. The first-order valence-electron chi connectivity index (χ1n) is 13.5. The Morgan fingerprint density at radius 2 is 1.88 bits per heavy atom. The Hall–Kier alpha value is -3.81. The fourth-order valence-electron chi connectivity index (χ4n) is 5.28. The second kappa shape index (κ2) is 12.2. The van der Waals surface area contributed by atoms with Gasteiger partial charge in [0, 0.05) is 34.4 Å². The monoisotopic (exact) mass is 599 g/mol. The summed E-state index contributed by atoms with van der Waals surface area (Å²) < 4.78 is 39.2. The topological polar surface area (TPSA) is 147 Å². The van der Waals surface area contributed by atoms with Crippen molar-refractivity contribution in [3.63, 3.8) is 0 Å². The van der Waals surface area contributed by atoms with E-state index in [-0.39, 0.29) is 53.7 Å². The summed E-state index contributed by atoms with van der Waals surface area (Å²) in [6, 6.07) is 7.88. The number of nitrogens with two attached hydrogens (primary N) is 1. The number of rotatable bonds is 8. The van der Waals surface area contributed by atoms with Crippen molar-refractivity contribution in [2.24, 2.45) is 5.73 Å². The fourth-order valence-corrected chi connectivity index (χ4v) is 6.43. The Labute approximate surface area is 245 Å². The maximum Gasteiger partial charge on any atom is 0.251 e. The van der Waals surface area contributed by atoms with Crippen LogP contribution in [0.4, 0.5) is 8.78 Å². The van der Waals surface area contributed by atoms with Gasteiger partial charge in [0.15, 0.2) is 5.79 Å². The molecule has 2 saturated heterocycles. The number of amidine groups is 1. The van der Waals surface area contributed by atoms with Crippen molar-refractivity contribution in [3.05, 3.63) is 70.6 Å². The van der Waals surface area contributed by atoms with Gasteiger partial charge in [0.2, 0.25) is 11.8 Å². The van der Waals surface area contributed by atoms with Gasteiger partial charge in [-0.15, -0.1) is 11.8 Å². The van der Waals surface area contributed by atoms with E-state index in [4.69, 9.17) is 20.6 Å². The van der Waals surface area contributed by atoms with Crippen molar-refractivity contribution in [1.82, 2.24) is 15.5 Å². The summed E-state index contributed by atoms with van der Waals surface area (Å²) in [4.78, 5) is 40.8. The number of thioether (sulfide) groups is 1. The SMILES string of the molecule is C[C@@H](NC(=O)[C@@H]1CC2(CN1C(=O)CNC(=O)c1ccc(-c3cc(F)ccc3F)cc1)OCCO2)C1CC(C(=N)N)=CS1. The van der Waals surface area contributed by atoms with Gasteiger partial charge in [0.05, 0.1) is 26.3 Å². The van der Waals surface area contributed by atoms with E-state index in [1.165, 1.54) is 40.9 Å². The highest BCUT2D eigenvalue weighted by molar-refractivity contribution is 8.03. The van der Waals surface area contributed by atoms with E-state index in [1.807, 2.05) is 12.3 Å². The van der Waals surface area contributed by atoms with Crippen LogP contribution in [-0.4, -0.2) is 77.9 Å². The molecule has 10 nitrogen and oxygen atoms in total. The summed E-state index contributed by atoms with van der Waals surface area (Å²) >= 11 is 1.50. The first-order valence-corrected chi connectivity index (χ1v) is 14.4. The molecule has 0 radical (unpaired) electrons. The molecule has 13 heteroatoms. The smallest absolute Gasteiger partial charge is 0.251 e. The Balaban J connectivity index is 1.21. The molecule has 1 unspecified atom stereocenters. The van der Waals surface area contributed by atoms with E-state index in [0.717, 1.165) is 23.8 Å². The molecule has 5 rings (SSSR count). The molecule has 3 heterocycles. The second-order valence-corrected chi connectivity index (χ2v) is 11.6. The van der Waals surface area contributed by atoms with E-state index >= 15 is 0 Å². The Morgan fingerprint density at radius 3 is 2.55 bits per heavy atom. The van der Waals surface area contributed by atoms with Crippen LogP contribution in [0.2, 0.25) is 0 Å². The highest BCUT2D eigenvalue weighted by Gasteiger charge is 2.52. The molecule has 2 fully saturated rings. The average molecular weight is 600 g/mol. The predicted octanol–water partition coefficient (Wildman–Crippen LogP) is 2.54. The first kappa shape index (κ1) is 29.7. The number of likely N-dealkylation sites (tertiary alicyclic amines) is 1.